The molecule has 0 saturated heterocycles. The van der Waals surface area contributed by atoms with E-state index in [1.54, 1.807) is 0 Å². The van der Waals surface area contributed by atoms with Crippen LogP contribution in [-0.4, -0.2) is 48.4 Å². The van der Waals surface area contributed by atoms with E-state index >= 15 is 0 Å². The largest absolute Gasteiger partial charge is 0.472 e. The van der Waals surface area contributed by atoms with Gasteiger partial charge in [-0.15, -0.1) is 0 Å². The Labute approximate surface area is 207 Å². The molecule has 8 nitrogen and oxygen atoms in total. The minimum atomic E-state index is -4.24. The highest BCUT2D eigenvalue weighted by atomic mass is 31.2. The number of carbonyl (C=O) groups is 1. The summed E-state index contributed by atoms with van der Waals surface area (Å²) in [5.74, 6) is -0.383. The van der Waals surface area contributed by atoms with Crippen LogP contribution in [0.25, 0.3) is 0 Å². The second kappa shape index (κ2) is 24.2. The van der Waals surface area contributed by atoms with Gasteiger partial charge >= 0.3 is 13.8 Å². The third-order valence-corrected chi connectivity index (χ3v) is 6.71. The van der Waals surface area contributed by atoms with Crippen molar-refractivity contribution in [2.24, 2.45) is 5.73 Å². The van der Waals surface area contributed by atoms with E-state index in [1.165, 1.54) is 89.9 Å². The van der Waals surface area contributed by atoms with Gasteiger partial charge in [0.05, 0.1) is 13.2 Å². The van der Waals surface area contributed by atoms with Gasteiger partial charge in [-0.05, 0) is 6.42 Å². The number of unbranched alkanes of at least 4 members (excludes halogenated alkanes) is 16. The van der Waals surface area contributed by atoms with E-state index in [2.05, 4.69) is 16.0 Å². The Bertz CT molecular complexity index is 508. The van der Waals surface area contributed by atoms with Gasteiger partial charge in [-0.3, -0.25) is 13.8 Å². The number of ether oxygens (including phenoxy) is 1. The number of rotatable bonds is 26. The van der Waals surface area contributed by atoms with E-state index in [-0.39, 0.29) is 25.7 Å². The molecular formula is C25H52NO7P. The zero-order valence-electron chi connectivity index (χ0n) is 21.6. The van der Waals surface area contributed by atoms with Gasteiger partial charge in [-0.25, -0.2) is 4.57 Å². The van der Waals surface area contributed by atoms with Gasteiger partial charge in [0, 0.05) is 13.0 Å². The number of aliphatic hydroxyl groups is 1. The molecular weight excluding hydrogens is 457 g/mol. The average molecular weight is 510 g/mol. The molecule has 34 heavy (non-hydrogen) atoms. The monoisotopic (exact) mass is 509 g/mol. The molecule has 0 spiro atoms. The molecule has 0 heterocycles. The van der Waals surface area contributed by atoms with Gasteiger partial charge in [0.25, 0.3) is 0 Å². The third kappa shape index (κ3) is 24.6. The van der Waals surface area contributed by atoms with Gasteiger partial charge in [0.1, 0.15) is 12.7 Å². The standard InChI is InChI=1S/C25H52NO7P/c1-2-3-4-5-6-7-8-9-10-11-12-13-14-15-16-17-18-19-25(28)31-22-24(27)23-33-34(29,30)32-21-20-26/h24,27H,2-23,26H2,1H3,(H,29,30). The molecule has 204 valence electrons. The Morgan fingerprint density at radius 2 is 1.21 bits per heavy atom. The number of phosphoric acid groups is 1. The molecule has 0 aliphatic carbocycles. The first-order valence-electron chi connectivity index (χ1n) is 13.6. The molecule has 0 radical (unpaired) electrons. The van der Waals surface area contributed by atoms with Crippen molar-refractivity contribution in [2.75, 3.05) is 26.4 Å². The highest BCUT2D eigenvalue weighted by Gasteiger charge is 2.22. The molecule has 2 atom stereocenters. The van der Waals surface area contributed by atoms with E-state index in [0.29, 0.717) is 6.42 Å². The van der Waals surface area contributed by atoms with Gasteiger partial charge in [0.2, 0.25) is 0 Å². The van der Waals surface area contributed by atoms with Crippen LogP contribution < -0.4 is 5.73 Å². The SMILES string of the molecule is CCCCCCCCCCCCCCCCCCCC(=O)OCC(O)COP(=O)(O)OCCN. The highest BCUT2D eigenvalue weighted by Crippen LogP contribution is 2.42. The number of nitrogens with two attached hydrogens (primary N) is 1. The van der Waals surface area contributed by atoms with Crippen molar-refractivity contribution in [1.29, 1.82) is 0 Å². The summed E-state index contributed by atoms with van der Waals surface area (Å²) in [6, 6.07) is 0. The quantitative estimate of drug-likeness (QED) is 0.0733. The maximum atomic E-state index is 11.7. The second-order valence-corrected chi connectivity index (χ2v) is 10.6. The summed E-state index contributed by atoms with van der Waals surface area (Å²) in [4.78, 5) is 21.1. The lowest BCUT2D eigenvalue weighted by molar-refractivity contribution is -0.147. The van der Waals surface area contributed by atoms with Crippen molar-refractivity contribution in [3.63, 3.8) is 0 Å². The van der Waals surface area contributed by atoms with E-state index < -0.39 is 20.5 Å². The van der Waals surface area contributed by atoms with E-state index in [4.69, 9.17) is 10.5 Å². The van der Waals surface area contributed by atoms with Crippen LogP contribution >= 0.6 is 7.82 Å². The Morgan fingerprint density at radius 1 is 0.765 bits per heavy atom. The van der Waals surface area contributed by atoms with Crippen LogP contribution in [0.1, 0.15) is 122 Å². The number of hydrogen-bond acceptors (Lipinski definition) is 7. The molecule has 0 rings (SSSR count). The summed E-state index contributed by atoms with van der Waals surface area (Å²) in [6.07, 6.45) is 21.0. The summed E-state index contributed by atoms with van der Waals surface area (Å²) in [5, 5.41) is 9.69. The van der Waals surface area contributed by atoms with Crippen LogP contribution in [0.3, 0.4) is 0 Å². The lowest BCUT2D eigenvalue weighted by Crippen LogP contribution is -2.23. The zero-order valence-corrected chi connectivity index (χ0v) is 22.5. The second-order valence-electron chi connectivity index (χ2n) is 9.13. The summed E-state index contributed by atoms with van der Waals surface area (Å²) in [7, 11) is -4.24. The molecule has 4 N–H and O–H groups in total. The summed E-state index contributed by atoms with van der Waals surface area (Å²) >= 11 is 0. The molecule has 2 unspecified atom stereocenters. The fraction of sp³-hybridized carbons (Fsp3) is 0.960. The lowest BCUT2D eigenvalue weighted by atomic mass is 10.0. The molecule has 0 aliphatic heterocycles. The fourth-order valence-corrected chi connectivity index (χ4v) is 4.46. The predicted molar refractivity (Wildman–Crippen MR) is 137 cm³/mol. The molecule has 0 aromatic heterocycles. The molecule has 0 aromatic rings. The maximum absolute atomic E-state index is 11.7. The molecule has 0 amide bonds. The summed E-state index contributed by atoms with van der Waals surface area (Å²) in [5.41, 5.74) is 5.17. The molecule has 9 heteroatoms. The van der Waals surface area contributed by atoms with E-state index in [0.717, 1.165) is 19.3 Å². The number of aliphatic hydroxyl groups excluding tert-OH is 1. The predicted octanol–water partition coefficient (Wildman–Crippen LogP) is 6.02. The number of phosphoric ester groups is 1. The third-order valence-electron chi connectivity index (χ3n) is 5.72. The van der Waals surface area contributed by atoms with E-state index in [1.807, 2.05) is 0 Å². The Balaban J connectivity index is 3.38. The van der Waals surface area contributed by atoms with Crippen LogP contribution in [0.15, 0.2) is 0 Å². The van der Waals surface area contributed by atoms with Crippen LogP contribution in [0.5, 0.6) is 0 Å². The molecule has 0 fully saturated rings. The number of carbonyl (C=O) groups excluding carboxylic acids is 1. The van der Waals surface area contributed by atoms with Crippen molar-refractivity contribution in [3.8, 4) is 0 Å². The average Bonchev–Trinajstić information content (AvgIpc) is 2.82. The van der Waals surface area contributed by atoms with Crippen molar-refractivity contribution >= 4 is 13.8 Å². The highest BCUT2D eigenvalue weighted by molar-refractivity contribution is 7.47. The number of esters is 1. The van der Waals surface area contributed by atoms with Gasteiger partial charge in [-0.2, -0.15) is 0 Å². The summed E-state index contributed by atoms with van der Waals surface area (Å²) < 4.78 is 25.6. The normalized spacial score (nSPS) is 14.1. The van der Waals surface area contributed by atoms with Gasteiger partial charge in [0.15, 0.2) is 0 Å². The van der Waals surface area contributed by atoms with Crippen LogP contribution in [0, 0.1) is 0 Å². The first kappa shape index (κ1) is 33.5. The van der Waals surface area contributed by atoms with Crippen LogP contribution in [-0.2, 0) is 23.1 Å². The van der Waals surface area contributed by atoms with Crippen molar-refractivity contribution in [2.45, 2.75) is 129 Å². The number of hydrogen-bond donors (Lipinski definition) is 3. The molecule has 0 saturated carbocycles. The molecule has 0 bridgehead atoms. The van der Waals surface area contributed by atoms with Crippen LogP contribution in [0.2, 0.25) is 0 Å². The fourth-order valence-electron chi connectivity index (χ4n) is 3.69. The van der Waals surface area contributed by atoms with Gasteiger partial charge in [-0.1, -0.05) is 110 Å². The maximum Gasteiger partial charge on any atom is 0.472 e. The van der Waals surface area contributed by atoms with Crippen molar-refractivity contribution < 1.29 is 33.1 Å². The first-order chi connectivity index (χ1) is 16.4. The van der Waals surface area contributed by atoms with Crippen LogP contribution in [0.4, 0.5) is 0 Å². The molecule has 0 aliphatic rings. The Kier molecular flexibility index (Phi) is 23.8. The van der Waals surface area contributed by atoms with E-state index in [9.17, 15) is 19.4 Å². The minimum absolute atomic E-state index is 0.0769. The topological polar surface area (TPSA) is 128 Å². The zero-order chi connectivity index (χ0) is 25.3. The van der Waals surface area contributed by atoms with Gasteiger partial charge < -0.3 is 20.5 Å². The molecule has 0 aromatic carbocycles. The van der Waals surface area contributed by atoms with Crippen molar-refractivity contribution in [3.05, 3.63) is 0 Å². The Hall–Kier alpha value is -0.500. The minimum Gasteiger partial charge on any atom is -0.463 e. The first-order valence-corrected chi connectivity index (χ1v) is 15.1. The summed E-state index contributed by atoms with van der Waals surface area (Å²) in [6.45, 7) is 1.46. The lowest BCUT2D eigenvalue weighted by Gasteiger charge is -2.15. The Morgan fingerprint density at radius 3 is 1.65 bits per heavy atom. The smallest absolute Gasteiger partial charge is 0.463 e. The van der Waals surface area contributed by atoms with Crippen molar-refractivity contribution in [1.82, 2.24) is 0 Å².